The number of hydrogen-bond acceptors (Lipinski definition) is 4. The van der Waals surface area contributed by atoms with E-state index in [9.17, 15) is 9.18 Å². The van der Waals surface area contributed by atoms with Gasteiger partial charge >= 0.3 is 0 Å². The number of hydrogen-bond donors (Lipinski definition) is 2. The predicted octanol–water partition coefficient (Wildman–Crippen LogP) is 0.864. The molecule has 0 aliphatic heterocycles. The lowest BCUT2D eigenvalue weighted by molar-refractivity contribution is -0.122. The van der Waals surface area contributed by atoms with Crippen LogP contribution >= 0.6 is 0 Å². The first kappa shape index (κ1) is 13.9. The van der Waals surface area contributed by atoms with Crippen LogP contribution in [0.3, 0.4) is 0 Å². The Hall–Kier alpha value is -2.13. The van der Waals surface area contributed by atoms with Gasteiger partial charge in [0.2, 0.25) is 0 Å². The Bertz CT molecular complexity index is 469. The molecule has 0 radical (unpaired) electrons. The van der Waals surface area contributed by atoms with E-state index in [2.05, 4.69) is 5.32 Å². The van der Waals surface area contributed by atoms with Gasteiger partial charge in [-0.15, -0.1) is 0 Å². The van der Waals surface area contributed by atoms with Crippen LogP contribution in [0, 0.1) is 17.1 Å². The van der Waals surface area contributed by atoms with E-state index in [1.54, 1.807) is 13.0 Å². The van der Waals surface area contributed by atoms with E-state index in [0.29, 0.717) is 11.3 Å². The highest BCUT2D eigenvalue weighted by molar-refractivity contribution is 5.77. The van der Waals surface area contributed by atoms with Crippen LogP contribution in [0.2, 0.25) is 0 Å². The Morgan fingerprint density at radius 1 is 1.67 bits per heavy atom. The minimum absolute atomic E-state index is 0.0776. The molecule has 0 aliphatic rings. The SMILES string of the molecule is C[C@@H](N)c1cc(F)ccc1OCC(=O)NCC#N. The van der Waals surface area contributed by atoms with E-state index in [-0.39, 0.29) is 13.2 Å². The van der Waals surface area contributed by atoms with Crippen molar-refractivity contribution >= 4 is 5.91 Å². The number of ether oxygens (including phenoxy) is 1. The molecule has 0 fully saturated rings. The molecule has 0 saturated carbocycles. The van der Waals surface area contributed by atoms with Crippen molar-refractivity contribution in [3.63, 3.8) is 0 Å². The Morgan fingerprint density at radius 2 is 2.39 bits per heavy atom. The number of rotatable bonds is 5. The van der Waals surface area contributed by atoms with Crippen LogP contribution in [0.1, 0.15) is 18.5 Å². The van der Waals surface area contributed by atoms with Crippen molar-refractivity contribution in [2.24, 2.45) is 5.73 Å². The fraction of sp³-hybridized carbons (Fsp3) is 0.333. The lowest BCUT2D eigenvalue weighted by Crippen LogP contribution is -2.29. The van der Waals surface area contributed by atoms with Crippen LogP contribution in [0.5, 0.6) is 5.75 Å². The first-order valence-electron chi connectivity index (χ1n) is 5.36. The minimum Gasteiger partial charge on any atom is -0.483 e. The summed E-state index contributed by atoms with van der Waals surface area (Å²) in [4.78, 5) is 11.2. The Morgan fingerprint density at radius 3 is 3.00 bits per heavy atom. The molecule has 1 aromatic rings. The summed E-state index contributed by atoms with van der Waals surface area (Å²) in [6.07, 6.45) is 0. The van der Waals surface area contributed by atoms with Gasteiger partial charge in [0.05, 0.1) is 6.07 Å². The fourth-order valence-electron chi connectivity index (χ4n) is 1.34. The Balaban J connectivity index is 2.67. The highest BCUT2D eigenvalue weighted by atomic mass is 19.1. The molecule has 1 atom stereocenters. The molecule has 0 aliphatic carbocycles. The van der Waals surface area contributed by atoms with E-state index in [1.165, 1.54) is 18.2 Å². The van der Waals surface area contributed by atoms with Crippen LogP contribution in [-0.2, 0) is 4.79 Å². The number of halogens is 1. The fourth-order valence-corrected chi connectivity index (χ4v) is 1.34. The van der Waals surface area contributed by atoms with Gasteiger partial charge in [-0.2, -0.15) is 5.26 Å². The number of nitrogens with zero attached hydrogens (tertiary/aromatic N) is 1. The molecule has 96 valence electrons. The van der Waals surface area contributed by atoms with E-state index in [0.717, 1.165) is 0 Å². The van der Waals surface area contributed by atoms with Gasteiger partial charge in [0, 0.05) is 11.6 Å². The molecule has 6 heteroatoms. The molecule has 0 saturated heterocycles. The number of amides is 1. The Labute approximate surface area is 104 Å². The molecule has 0 unspecified atom stereocenters. The quantitative estimate of drug-likeness (QED) is 0.760. The second-order valence-corrected chi connectivity index (χ2v) is 3.69. The number of carbonyl (C=O) groups is 1. The topological polar surface area (TPSA) is 88.1 Å². The van der Waals surface area contributed by atoms with Crippen molar-refractivity contribution in [1.82, 2.24) is 5.32 Å². The van der Waals surface area contributed by atoms with Crippen molar-refractivity contribution in [3.05, 3.63) is 29.6 Å². The third-order valence-electron chi connectivity index (χ3n) is 2.19. The lowest BCUT2D eigenvalue weighted by atomic mass is 10.1. The van der Waals surface area contributed by atoms with Crippen LogP contribution in [0.4, 0.5) is 4.39 Å². The maximum atomic E-state index is 13.0. The molecule has 1 aromatic carbocycles. The summed E-state index contributed by atoms with van der Waals surface area (Å²) in [7, 11) is 0. The average Bonchev–Trinajstić information content (AvgIpc) is 2.34. The number of nitrogens with one attached hydrogen (secondary N) is 1. The number of nitrogens with two attached hydrogens (primary N) is 1. The Kier molecular flexibility index (Phi) is 5.08. The maximum Gasteiger partial charge on any atom is 0.258 e. The largest absolute Gasteiger partial charge is 0.483 e. The van der Waals surface area contributed by atoms with Gasteiger partial charge in [0.25, 0.3) is 5.91 Å². The van der Waals surface area contributed by atoms with Gasteiger partial charge in [-0.25, -0.2) is 4.39 Å². The summed E-state index contributed by atoms with van der Waals surface area (Å²) in [5.74, 6) is -0.474. The van der Waals surface area contributed by atoms with Gasteiger partial charge in [-0.1, -0.05) is 0 Å². The second-order valence-electron chi connectivity index (χ2n) is 3.69. The number of benzene rings is 1. The van der Waals surface area contributed by atoms with E-state index in [1.807, 2.05) is 0 Å². The van der Waals surface area contributed by atoms with Crippen molar-refractivity contribution in [3.8, 4) is 11.8 Å². The van der Waals surface area contributed by atoms with Gasteiger partial charge < -0.3 is 15.8 Å². The van der Waals surface area contributed by atoms with E-state index >= 15 is 0 Å². The maximum absolute atomic E-state index is 13.0. The van der Waals surface area contributed by atoms with Crippen LogP contribution in [0.15, 0.2) is 18.2 Å². The van der Waals surface area contributed by atoms with Gasteiger partial charge in [0.1, 0.15) is 18.1 Å². The van der Waals surface area contributed by atoms with Crippen LogP contribution < -0.4 is 15.8 Å². The zero-order valence-corrected chi connectivity index (χ0v) is 9.94. The zero-order valence-electron chi connectivity index (χ0n) is 9.94. The first-order chi connectivity index (χ1) is 8.54. The molecule has 0 heterocycles. The summed E-state index contributed by atoms with van der Waals surface area (Å²) in [5.41, 5.74) is 6.17. The standard InChI is InChI=1S/C12H14FN3O2/c1-8(15)10-6-9(13)2-3-11(10)18-7-12(17)16-5-4-14/h2-3,6,8H,5,7,15H2,1H3,(H,16,17)/t8-/m1/s1. The first-order valence-corrected chi connectivity index (χ1v) is 5.36. The van der Waals surface area contributed by atoms with Crippen molar-refractivity contribution in [2.45, 2.75) is 13.0 Å². The van der Waals surface area contributed by atoms with Gasteiger partial charge in [-0.3, -0.25) is 4.79 Å². The van der Waals surface area contributed by atoms with Gasteiger partial charge in [0.15, 0.2) is 6.61 Å². The zero-order chi connectivity index (χ0) is 13.5. The molecule has 0 bridgehead atoms. The molecule has 18 heavy (non-hydrogen) atoms. The summed E-state index contributed by atoms with van der Waals surface area (Å²) in [5, 5.41) is 10.6. The second kappa shape index (κ2) is 6.57. The summed E-state index contributed by atoms with van der Waals surface area (Å²) in [6.45, 7) is 1.37. The summed E-state index contributed by atoms with van der Waals surface area (Å²) < 4.78 is 18.3. The lowest BCUT2D eigenvalue weighted by Gasteiger charge is -2.13. The molecule has 1 amide bonds. The van der Waals surface area contributed by atoms with Crippen molar-refractivity contribution in [2.75, 3.05) is 13.2 Å². The third-order valence-corrected chi connectivity index (χ3v) is 2.19. The summed E-state index contributed by atoms with van der Waals surface area (Å²) >= 11 is 0. The normalized spacial score (nSPS) is 11.4. The molecule has 0 aromatic heterocycles. The van der Waals surface area contributed by atoms with Crippen LogP contribution in [-0.4, -0.2) is 19.1 Å². The van der Waals surface area contributed by atoms with E-state index < -0.39 is 17.8 Å². The monoisotopic (exact) mass is 251 g/mol. The van der Waals surface area contributed by atoms with Crippen molar-refractivity contribution in [1.29, 1.82) is 5.26 Å². The highest BCUT2D eigenvalue weighted by Gasteiger charge is 2.11. The molecular weight excluding hydrogens is 237 g/mol. The minimum atomic E-state index is -0.420. The molecule has 3 N–H and O–H groups in total. The third kappa shape index (κ3) is 4.03. The smallest absolute Gasteiger partial charge is 0.258 e. The van der Waals surface area contributed by atoms with Crippen LogP contribution in [0.25, 0.3) is 0 Å². The van der Waals surface area contributed by atoms with Crippen molar-refractivity contribution < 1.29 is 13.9 Å². The highest BCUT2D eigenvalue weighted by Crippen LogP contribution is 2.24. The predicted molar refractivity (Wildman–Crippen MR) is 63.1 cm³/mol. The van der Waals surface area contributed by atoms with E-state index in [4.69, 9.17) is 15.7 Å². The molecule has 1 rings (SSSR count). The summed E-state index contributed by atoms with van der Waals surface area (Å²) in [6, 6.07) is 5.30. The molecular formula is C12H14FN3O2. The molecule has 5 nitrogen and oxygen atoms in total. The molecule has 0 spiro atoms. The number of carbonyl (C=O) groups excluding carboxylic acids is 1. The van der Waals surface area contributed by atoms with Gasteiger partial charge in [-0.05, 0) is 25.1 Å². The average molecular weight is 251 g/mol. The number of nitriles is 1.